The Morgan fingerprint density at radius 1 is 1.00 bits per heavy atom. The van der Waals surface area contributed by atoms with Crippen LogP contribution in [0.15, 0.2) is 77.8 Å². The number of amides is 1. The van der Waals surface area contributed by atoms with Gasteiger partial charge in [0, 0.05) is 23.4 Å². The van der Waals surface area contributed by atoms with Gasteiger partial charge in [-0.1, -0.05) is 60.3 Å². The first-order valence-electron chi connectivity index (χ1n) is 9.79. The lowest BCUT2D eigenvalue weighted by atomic mass is 9.87. The van der Waals surface area contributed by atoms with Gasteiger partial charge in [-0.3, -0.25) is 14.7 Å². The third kappa shape index (κ3) is 3.48. The minimum atomic E-state index is -0.430. The van der Waals surface area contributed by atoms with Crippen LogP contribution in [0.3, 0.4) is 0 Å². The Morgan fingerprint density at radius 2 is 1.63 bits per heavy atom. The fourth-order valence-electron chi connectivity index (χ4n) is 3.81. The molecule has 6 heteroatoms. The van der Waals surface area contributed by atoms with Crippen LogP contribution < -0.4 is 4.74 Å². The van der Waals surface area contributed by atoms with E-state index in [4.69, 9.17) is 4.74 Å². The van der Waals surface area contributed by atoms with E-state index in [1.807, 2.05) is 48.5 Å². The summed E-state index contributed by atoms with van der Waals surface area (Å²) in [4.78, 5) is 20.1. The minimum Gasteiger partial charge on any atom is -0.457 e. The molecule has 4 nitrogen and oxygen atoms in total. The summed E-state index contributed by atoms with van der Waals surface area (Å²) in [5.41, 5.74) is 2.73. The molecule has 0 radical (unpaired) electrons. The number of amidine groups is 1. The van der Waals surface area contributed by atoms with Crippen molar-refractivity contribution < 1.29 is 13.9 Å². The van der Waals surface area contributed by atoms with Gasteiger partial charge in [0.2, 0.25) is 5.91 Å². The van der Waals surface area contributed by atoms with Gasteiger partial charge in [0.05, 0.1) is 12.5 Å². The smallest absolute Gasteiger partial charge is 0.240 e. The molecule has 0 saturated heterocycles. The second kappa shape index (κ2) is 7.95. The molecule has 3 aromatic rings. The predicted octanol–water partition coefficient (Wildman–Crippen LogP) is 5.19. The number of rotatable bonds is 3. The van der Waals surface area contributed by atoms with E-state index >= 15 is 0 Å². The van der Waals surface area contributed by atoms with Gasteiger partial charge in [-0.05, 0) is 29.8 Å². The number of fused-ring (bicyclic) bond motifs is 2. The van der Waals surface area contributed by atoms with Crippen LogP contribution in [0.1, 0.15) is 22.6 Å². The van der Waals surface area contributed by atoms with E-state index in [2.05, 4.69) is 4.99 Å². The molecule has 5 rings (SSSR count). The molecule has 0 N–H and O–H groups in total. The van der Waals surface area contributed by atoms with Crippen molar-refractivity contribution in [1.29, 1.82) is 0 Å². The third-order valence-corrected chi connectivity index (χ3v) is 6.36. The minimum absolute atomic E-state index is 0.000978. The number of hydrogen-bond donors (Lipinski definition) is 0. The van der Waals surface area contributed by atoms with Crippen LogP contribution in [0.2, 0.25) is 0 Å². The summed E-state index contributed by atoms with van der Waals surface area (Å²) in [6, 6.07) is 21.8. The average Bonchev–Trinajstić information content (AvgIpc) is 3.25. The summed E-state index contributed by atoms with van der Waals surface area (Å²) >= 11 is 1.51. The maximum Gasteiger partial charge on any atom is 0.240 e. The second-order valence-electron chi connectivity index (χ2n) is 7.18. The van der Waals surface area contributed by atoms with Gasteiger partial charge in [-0.2, -0.15) is 0 Å². The molecule has 0 atom stereocenters. The molecule has 0 saturated carbocycles. The maximum absolute atomic E-state index is 13.7. The zero-order chi connectivity index (χ0) is 20.5. The first-order chi connectivity index (χ1) is 14.7. The number of ether oxygens (including phenoxy) is 1. The molecule has 0 spiro atoms. The van der Waals surface area contributed by atoms with E-state index in [9.17, 15) is 9.18 Å². The molecule has 0 unspecified atom stereocenters. The Labute approximate surface area is 178 Å². The van der Waals surface area contributed by atoms with Crippen LogP contribution in [-0.4, -0.2) is 29.1 Å². The molecule has 2 heterocycles. The van der Waals surface area contributed by atoms with Crippen molar-refractivity contribution in [1.82, 2.24) is 4.90 Å². The summed E-state index contributed by atoms with van der Waals surface area (Å²) in [7, 11) is 0. The number of nitrogens with zero attached hydrogens (tertiary/aromatic N) is 2. The van der Waals surface area contributed by atoms with Gasteiger partial charge >= 0.3 is 0 Å². The van der Waals surface area contributed by atoms with E-state index in [1.165, 1.54) is 23.9 Å². The number of benzene rings is 3. The van der Waals surface area contributed by atoms with Crippen LogP contribution in [0.5, 0.6) is 11.5 Å². The Morgan fingerprint density at radius 3 is 2.30 bits per heavy atom. The predicted molar refractivity (Wildman–Crippen MR) is 117 cm³/mol. The first-order valence-corrected chi connectivity index (χ1v) is 10.8. The zero-order valence-corrected chi connectivity index (χ0v) is 16.9. The number of thioether (sulfide) groups is 1. The summed E-state index contributed by atoms with van der Waals surface area (Å²) in [5.74, 6) is 1.37. The SMILES string of the molecule is O=C(C1c2ccccc2Oc2ccccc21)N1CCN=C1SCc1ccc(F)cc1. The van der Waals surface area contributed by atoms with Crippen molar-refractivity contribution in [3.05, 3.63) is 95.3 Å². The molecule has 3 aromatic carbocycles. The molecular weight excluding hydrogens is 399 g/mol. The summed E-state index contributed by atoms with van der Waals surface area (Å²) in [6.45, 7) is 1.15. The highest BCUT2D eigenvalue weighted by Crippen LogP contribution is 2.45. The molecule has 30 heavy (non-hydrogen) atoms. The van der Waals surface area contributed by atoms with Crippen LogP contribution in [-0.2, 0) is 10.5 Å². The standard InChI is InChI=1S/C24H19FN2O2S/c25-17-11-9-16(10-12-17)15-30-24-26-13-14-27(24)23(28)22-18-5-1-3-7-20(18)29-21-8-4-2-6-19(21)22/h1-12,22H,13-15H2. The van der Waals surface area contributed by atoms with Gasteiger partial charge < -0.3 is 4.74 Å². The van der Waals surface area contributed by atoms with Crippen molar-refractivity contribution in [2.24, 2.45) is 4.99 Å². The highest BCUT2D eigenvalue weighted by Gasteiger charge is 2.37. The molecule has 0 fully saturated rings. The van der Waals surface area contributed by atoms with Crippen LogP contribution in [0.4, 0.5) is 4.39 Å². The van der Waals surface area contributed by atoms with Crippen LogP contribution in [0.25, 0.3) is 0 Å². The molecular formula is C24H19FN2O2S. The van der Waals surface area contributed by atoms with Gasteiger partial charge in [0.15, 0.2) is 5.17 Å². The topological polar surface area (TPSA) is 41.9 Å². The average molecular weight is 418 g/mol. The largest absolute Gasteiger partial charge is 0.457 e. The lowest BCUT2D eigenvalue weighted by Crippen LogP contribution is -2.38. The van der Waals surface area contributed by atoms with Crippen molar-refractivity contribution in [2.75, 3.05) is 13.1 Å². The fourth-order valence-corrected chi connectivity index (χ4v) is 4.82. The molecule has 2 aliphatic heterocycles. The lowest BCUT2D eigenvalue weighted by Gasteiger charge is -2.30. The highest BCUT2D eigenvalue weighted by atomic mass is 32.2. The zero-order valence-electron chi connectivity index (χ0n) is 16.1. The van der Waals surface area contributed by atoms with Crippen molar-refractivity contribution in [3.8, 4) is 11.5 Å². The molecule has 1 amide bonds. The maximum atomic E-state index is 13.7. The third-order valence-electron chi connectivity index (χ3n) is 5.28. The summed E-state index contributed by atoms with van der Waals surface area (Å²) < 4.78 is 19.2. The van der Waals surface area contributed by atoms with Crippen LogP contribution in [0, 0.1) is 5.82 Å². The van der Waals surface area contributed by atoms with Gasteiger partial charge in [0.25, 0.3) is 0 Å². The molecule has 150 valence electrons. The first kappa shape index (κ1) is 18.9. The Bertz CT molecular complexity index is 1080. The van der Waals surface area contributed by atoms with Gasteiger partial charge in [-0.15, -0.1) is 0 Å². The second-order valence-corrected chi connectivity index (χ2v) is 8.12. The molecule has 2 aliphatic rings. The van der Waals surface area contributed by atoms with E-state index in [-0.39, 0.29) is 11.7 Å². The van der Waals surface area contributed by atoms with E-state index in [1.54, 1.807) is 17.0 Å². The lowest BCUT2D eigenvalue weighted by molar-refractivity contribution is -0.127. The number of aliphatic imine (C=N–C) groups is 1. The van der Waals surface area contributed by atoms with Gasteiger partial charge in [-0.25, -0.2) is 4.39 Å². The number of hydrogen-bond acceptors (Lipinski definition) is 4. The number of carbonyl (C=O) groups is 1. The number of carbonyl (C=O) groups excluding carboxylic acids is 1. The van der Waals surface area contributed by atoms with Crippen molar-refractivity contribution in [2.45, 2.75) is 11.7 Å². The Kier molecular flexibility index (Phi) is 5.01. The normalized spacial score (nSPS) is 15.2. The van der Waals surface area contributed by atoms with Crippen molar-refractivity contribution in [3.63, 3.8) is 0 Å². The Balaban J connectivity index is 1.41. The summed E-state index contributed by atoms with van der Waals surface area (Å²) in [5, 5.41) is 0.714. The highest BCUT2D eigenvalue weighted by molar-refractivity contribution is 8.13. The molecule has 0 aliphatic carbocycles. The molecule has 0 bridgehead atoms. The quantitative estimate of drug-likeness (QED) is 0.587. The molecule has 0 aromatic heterocycles. The van der Waals surface area contributed by atoms with Gasteiger partial charge in [0.1, 0.15) is 17.3 Å². The van der Waals surface area contributed by atoms with E-state index in [0.717, 1.165) is 16.7 Å². The van der Waals surface area contributed by atoms with E-state index < -0.39 is 5.92 Å². The van der Waals surface area contributed by atoms with E-state index in [0.29, 0.717) is 35.5 Å². The van der Waals surface area contributed by atoms with Crippen LogP contribution >= 0.6 is 11.8 Å². The van der Waals surface area contributed by atoms with Crippen molar-refractivity contribution >= 4 is 22.8 Å². The summed E-state index contributed by atoms with van der Waals surface area (Å²) in [6.07, 6.45) is 0. The Hall–Kier alpha value is -3.12. The fraction of sp³-hybridized carbons (Fsp3) is 0.167. The monoisotopic (exact) mass is 418 g/mol. The number of para-hydroxylation sites is 2. The number of halogens is 1.